The predicted octanol–water partition coefficient (Wildman–Crippen LogP) is 3.46. The van der Waals surface area contributed by atoms with Gasteiger partial charge in [-0.05, 0) is 29.5 Å². The highest BCUT2D eigenvalue weighted by Crippen LogP contribution is 2.34. The van der Waals surface area contributed by atoms with Crippen LogP contribution in [0.2, 0.25) is 0 Å². The monoisotopic (exact) mass is 329 g/mol. The lowest BCUT2D eigenvalue weighted by molar-refractivity contribution is 0.117. The molecule has 3 rings (SSSR count). The molecule has 0 bridgehead atoms. The molecule has 0 spiro atoms. The predicted molar refractivity (Wildman–Crippen MR) is 90.3 cm³/mol. The van der Waals surface area contributed by atoms with E-state index < -0.39 is 6.10 Å². The third-order valence-electron chi connectivity index (χ3n) is 4.04. The van der Waals surface area contributed by atoms with Crippen LogP contribution in [0, 0.1) is 0 Å². The lowest BCUT2D eigenvalue weighted by atomic mass is 10.0. The molecule has 2 aromatic carbocycles. The number of hydrogen-bond donors (Lipinski definition) is 1. The van der Waals surface area contributed by atoms with E-state index in [1.54, 1.807) is 16.7 Å². The summed E-state index contributed by atoms with van der Waals surface area (Å²) >= 11 is 1.66. The van der Waals surface area contributed by atoms with Crippen molar-refractivity contribution in [3.63, 3.8) is 0 Å². The van der Waals surface area contributed by atoms with E-state index in [1.165, 1.54) is 0 Å². The molecule has 0 radical (unpaired) electrons. The summed E-state index contributed by atoms with van der Waals surface area (Å²) in [6, 6.07) is 17.3. The Kier molecular flexibility index (Phi) is 4.88. The number of ether oxygens (including phenoxy) is 1. The molecule has 5 heteroatoms. The number of aliphatic hydroxyl groups is 1. The zero-order valence-corrected chi connectivity index (χ0v) is 13.7. The van der Waals surface area contributed by atoms with Crippen LogP contribution in [0.1, 0.15) is 17.2 Å². The second-order valence-electron chi connectivity index (χ2n) is 5.44. The molecule has 4 nitrogen and oxygen atoms in total. The average Bonchev–Trinajstić information content (AvgIpc) is 2.92. The van der Waals surface area contributed by atoms with Crippen LogP contribution in [-0.4, -0.2) is 35.0 Å². The van der Waals surface area contributed by atoms with E-state index in [4.69, 9.17) is 4.74 Å². The summed E-state index contributed by atoms with van der Waals surface area (Å²) in [5.74, 6) is 0. The summed E-state index contributed by atoms with van der Waals surface area (Å²) in [5.41, 5.74) is 1.92. The molecule has 23 heavy (non-hydrogen) atoms. The van der Waals surface area contributed by atoms with Crippen LogP contribution in [-0.2, 0) is 11.3 Å². The SMILES string of the molecule is CSc1ccc([C@H]2OC(=O)N(Cc3ccccc3)[C@@H]2CO)cc1. The normalized spacial score (nSPS) is 20.6. The Labute approximate surface area is 140 Å². The van der Waals surface area contributed by atoms with Crippen molar-refractivity contribution in [1.82, 2.24) is 4.90 Å². The highest BCUT2D eigenvalue weighted by Gasteiger charge is 2.42. The molecule has 120 valence electrons. The van der Waals surface area contributed by atoms with Crippen molar-refractivity contribution < 1.29 is 14.6 Å². The Morgan fingerprint density at radius 2 is 1.83 bits per heavy atom. The van der Waals surface area contributed by atoms with Gasteiger partial charge in [0.2, 0.25) is 0 Å². The van der Waals surface area contributed by atoms with Gasteiger partial charge in [-0.3, -0.25) is 4.90 Å². The molecule has 1 saturated heterocycles. The van der Waals surface area contributed by atoms with E-state index in [2.05, 4.69) is 0 Å². The van der Waals surface area contributed by atoms with Crippen LogP contribution in [0.4, 0.5) is 4.79 Å². The fourth-order valence-corrected chi connectivity index (χ4v) is 3.20. The summed E-state index contributed by atoms with van der Waals surface area (Å²) in [4.78, 5) is 15.0. The Morgan fingerprint density at radius 1 is 1.13 bits per heavy atom. The molecule has 1 fully saturated rings. The largest absolute Gasteiger partial charge is 0.439 e. The van der Waals surface area contributed by atoms with Gasteiger partial charge in [0.25, 0.3) is 0 Å². The van der Waals surface area contributed by atoms with Gasteiger partial charge in [-0.1, -0.05) is 42.5 Å². The molecular weight excluding hydrogens is 310 g/mol. The van der Waals surface area contributed by atoms with Crippen LogP contribution in [0.15, 0.2) is 59.5 Å². The van der Waals surface area contributed by atoms with E-state index >= 15 is 0 Å². The number of rotatable bonds is 5. The maximum atomic E-state index is 12.2. The molecular formula is C18H19NO3S. The minimum absolute atomic E-state index is 0.131. The third kappa shape index (κ3) is 3.35. The number of carbonyl (C=O) groups excluding carboxylic acids is 1. The third-order valence-corrected chi connectivity index (χ3v) is 4.78. The van der Waals surface area contributed by atoms with Gasteiger partial charge in [-0.25, -0.2) is 4.79 Å². The highest BCUT2D eigenvalue weighted by molar-refractivity contribution is 7.98. The van der Waals surface area contributed by atoms with Crippen LogP contribution >= 0.6 is 11.8 Å². The first-order chi connectivity index (χ1) is 11.2. The van der Waals surface area contributed by atoms with Crippen molar-refractivity contribution in [2.24, 2.45) is 0 Å². The second-order valence-corrected chi connectivity index (χ2v) is 6.32. The van der Waals surface area contributed by atoms with Crippen LogP contribution < -0.4 is 0 Å². The molecule has 1 aliphatic heterocycles. The van der Waals surface area contributed by atoms with Crippen molar-refractivity contribution in [3.8, 4) is 0 Å². The Balaban J connectivity index is 1.81. The highest BCUT2D eigenvalue weighted by atomic mass is 32.2. The fraction of sp³-hybridized carbons (Fsp3) is 0.278. The maximum absolute atomic E-state index is 12.2. The first kappa shape index (κ1) is 15.9. The molecule has 1 aliphatic rings. The zero-order chi connectivity index (χ0) is 16.2. The maximum Gasteiger partial charge on any atom is 0.411 e. The summed E-state index contributed by atoms with van der Waals surface area (Å²) in [5, 5.41) is 9.79. The molecule has 2 aromatic rings. The standard InChI is InChI=1S/C18H19NO3S/c1-23-15-9-7-14(8-10-15)17-16(12-20)19(18(21)22-17)11-13-5-3-2-4-6-13/h2-10,16-17,20H,11-12H2,1H3/t16-,17-/m1/s1. The lowest BCUT2D eigenvalue weighted by Gasteiger charge is -2.23. The van der Waals surface area contributed by atoms with Gasteiger partial charge in [-0.2, -0.15) is 0 Å². The molecule has 1 N–H and O–H groups in total. The Bertz CT molecular complexity index is 660. The van der Waals surface area contributed by atoms with Gasteiger partial charge in [0.15, 0.2) is 6.10 Å². The van der Waals surface area contributed by atoms with Gasteiger partial charge >= 0.3 is 6.09 Å². The van der Waals surface area contributed by atoms with Gasteiger partial charge in [0, 0.05) is 11.4 Å². The van der Waals surface area contributed by atoms with E-state index in [0.717, 1.165) is 16.0 Å². The number of hydrogen-bond acceptors (Lipinski definition) is 4. The minimum atomic E-state index is -0.438. The number of benzene rings is 2. The van der Waals surface area contributed by atoms with Crippen LogP contribution in [0.25, 0.3) is 0 Å². The number of cyclic esters (lactones) is 1. The van der Waals surface area contributed by atoms with Crippen molar-refractivity contribution in [1.29, 1.82) is 0 Å². The first-order valence-corrected chi connectivity index (χ1v) is 8.71. The molecule has 0 saturated carbocycles. The van der Waals surface area contributed by atoms with Gasteiger partial charge in [0.05, 0.1) is 12.6 Å². The Hall–Kier alpha value is -1.98. The fourth-order valence-electron chi connectivity index (χ4n) is 2.79. The van der Waals surface area contributed by atoms with Gasteiger partial charge in [0.1, 0.15) is 0 Å². The first-order valence-electron chi connectivity index (χ1n) is 7.49. The quantitative estimate of drug-likeness (QED) is 0.854. The minimum Gasteiger partial charge on any atom is -0.439 e. The summed E-state index contributed by atoms with van der Waals surface area (Å²) in [7, 11) is 0. The van der Waals surface area contributed by atoms with Crippen molar-refractivity contribution in [2.75, 3.05) is 12.9 Å². The van der Waals surface area contributed by atoms with E-state index in [-0.39, 0.29) is 18.7 Å². The summed E-state index contributed by atoms with van der Waals surface area (Å²) < 4.78 is 5.53. The molecule has 1 amide bonds. The van der Waals surface area contributed by atoms with Crippen LogP contribution in [0.3, 0.4) is 0 Å². The average molecular weight is 329 g/mol. The van der Waals surface area contributed by atoms with E-state index in [1.807, 2.05) is 60.9 Å². The molecule has 1 heterocycles. The number of thioether (sulfide) groups is 1. The molecule has 0 aromatic heterocycles. The van der Waals surface area contributed by atoms with E-state index in [0.29, 0.717) is 6.54 Å². The van der Waals surface area contributed by atoms with Crippen molar-refractivity contribution in [2.45, 2.75) is 23.6 Å². The second kappa shape index (κ2) is 7.06. The number of amides is 1. The number of nitrogens with zero attached hydrogens (tertiary/aromatic N) is 1. The van der Waals surface area contributed by atoms with Crippen molar-refractivity contribution >= 4 is 17.9 Å². The molecule has 2 atom stereocenters. The van der Waals surface area contributed by atoms with Gasteiger partial charge in [-0.15, -0.1) is 11.8 Å². The Morgan fingerprint density at radius 3 is 2.43 bits per heavy atom. The van der Waals surface area contributed by atoms with Gasteiger partial charge < -0.3 is 9.84 Å². The van der Waals surface area contributed by atoms with Crippen molar-refractivity contribution in [3.05, 3.63) is 65.7 Å². The smallest absolute Gasteiger partial charge is 0.411 e. The zero-order valence-electron chi connectivity index (χ0n) is 12.9. The van der Waals surface area contributed by atoms with Crippen LogP contribution in [0.5, 0.6) is 0 Å². The number of aliphatic hydroxyl groups excluding tert-OH is 1. The lowest BCUT2D eigenvalue weighted by Crippen LogP contribution is -2.36. The topological polar surface area (TPSA) is 49.8 Å². The summed E-state index contributed by atoms with van der Waals surface area (Å²) in [6.45, 7) is 0.303. The number of carbonyl (C=O) groups is 1. The molecule has 0 unspecified atom stereocenters. The summed E-state index contributed by atoms with van der Waals surface area (Å²) in [6.07, 6.45) is 1.20. The van der Waals surface area contributed by atoms with E-state index in [9.17, 15) is 9.90 Å². The molecule has 0 aliphatic carbocycles.